The highest BCUT2D eigenvalue weighted by Gasteiger charge is 2.43. The second-order valence-electron chi connectivity index (χ2n) is 4.85. The van der Waals surface area contributed by atoms with Crippen molar-refractivity contribution in [3.63, 3.8) is 0 Å². The molecule has 0 fully saturated rings. The Labute approximate surface area is 96.4 Å². The zero-order valence-corrected chi connectivity index (χ0v) is 11.0. The van der Waals surface area contributed by atoms with E-state index >= 15 is 0 Å². The molecule has 0 spiro atoms. The van der Waals surface area contributed by atoms with Crippen molar-refractivity contribution in [2.24, 2.45) is 0 Å². The summed E-state index contributed by atoms with van der Waals surface area (Å²) in [6, 6.07) is -1.41. The van der Waals surface area contributed by atoms with E-state index in [4.69, 9.17) is 0 Å². The maximum Gasteiger partial charge on any atom is 0.405 e. The standard InChI is InChI=1S/C11H23F3N2/c1-8(2)15(5)7-10(11(12,13)14)16(6)9(3)4/h8-10H,7H2,1-6H3/t10-/m1/s1. The maximum atomic E-state index is 12.9. The summed E-state index contributed by atoms with van der Waals surface area (Å²) in [5.74, 6) is 0. The SMILES string of the molecule is CC(C)N(C)C[C@@H](N(C)C(C)C)C(F)(F)F. The Morgan fingerprint density at radius 3 is 1.62 bits per heavy atom. The second-order valence-corrected chi connectivity index (χ2v) is 4.85. The third-order valence-corrected chi connectivity index (χ3v) is 3.03. The topological polar surface area (TPSA) is 6.48 Å². The summed E-state index contributed by atoms with van der Waals surface area (Å²) in [6.45, 7) is 7.34. The first-order chi connectivity index (χ1) is 7.07. The molecule has 0 aromatic carbocycles. The molecule has 0 saturated carbocycles. The normalized spacial score (nSPS) is 15.6. The summed E-state index contributed by atoms with van der Waals surface area (Å²) in [7, 11) is 3.24. The lowest BCUT2D eigenvalue weighted by Crippen LogP contribution is -2.53. The highest BCUT2D eigenvalue weighted by atomic mass is 19.4. The smallest absolute Gasteiger partial charge is 0.302 e. The summed E-state index contributed by atoms with van der Waals surface area (Å²) in [5.41, 5.74) is 0. The van der Waals surface area contributed by atoms with Crippen LogP contribution in [-0.2, 0) is 0 Å². The van der Waals surface area contributed by atoms with Crippen molar-refractivity contribution in [1.29, 1.82) is 0 Å². The van der Waals surface area contributed by atoms with Gasteiger partial charge in [-0.15, -0.1) is 0 Å². The molecule has 98 valence electrons. The van der Waals surface area contributed by atoms with E-state index in [1.165, 1.54) is 11.9 Å². The summed E-state index contributed by atoms with van der Waals surface area (Å²) in [4.78, 5) is 3.09. The molecule has 0 aliphatic rings. The Kier molecular flexibility index (Phi) is 5.76. The fraction of sp³-hybridized carbons (Fsp3) is 1.00. The fourth-order valence-electron chi connectivity index (χ4n) is 1.31. The minimum absolute atomic E-state index is 0.00977. The Morgan fingerprint density at radius 1 is 0.938 bits per heavy atom. The van der Waals surface area contributed by atoms with Crippen molar-refractivity contribution in [2.45, 2.75) is 52.0 Å². The molecule has 0 heterocycles. The van der Waals surface area contributed by atoms with E-state index in [0.717, 1.165) is 0 Å². The van der Waals surface area contributed by atoms with E-state index in [2.05, 4.69) is 0 Å². The highest BCUT2D eigenvalue weighted by Crippen LogP contribution is 2.26. The predicted octanol–water partition coefficient (Wildman–Crippen LogP) is 2.60. The van der Waals surface area contributed by atoms with Gasteiger partial charge in [0.2, 0.25) is 0 Å². The monoisotopic (exact) mass is 240 g/mol. The van der Waals surface area contributed by atoms with Gasteiger partial charge >= 0.3 is 6.18 Å². The van der Waals surface area contributed by atoms with Gasteiger partial charge in [0.05, 0.1) is 0 Å². The number of halogens is 3. The molecule has 0 radical (unpaired) electrons. The van der Waals surface area contributed by atoms with E-state index in [1.54, 1.807) is 25.8 Å². The first-order valence-electron chi connectivity index (χ1n) is 5.56. The van der Waals surface area contributed by atoms with Gasteiger partial charge in [-0.1, -0.05) is 0 Å². The van der Waals surface area contributed by atoms with Gasteiger partial charge in [0.25, 0.3) is 0 Å². The quantitative estimate of drug-likeness (QED) is 0.729. The molecule has 16 heavy (non-hydrogen) atoms. The maximum absolute atomic E-state index is 12.9. The van der Waals surface area contributed by atoms with Crippen LogP contribution in [0.3, 0.4) is 0 Å². The van der Waals surface area contributed by atoms with E-state index in [-0.39, 0.29) is 18.6 Å². The molecule has 0 aromatic heterocycles. The third kappa shape index (κ3) is 4.70. The zero-order valence-electron chi connectivity index (χ0n) is 11.0. The number of hydrogen-bond acceptors (Lipinski definition) is 2. The molecule has 0 rings (SSSR count). The molecule has 1 atom stereocenters. The number of alkyl halides is 3. The molecule has 2 nitrogen and oxygen atoms in total. The van der Waals surface area contributed by atoms with Gasteiger partial charge in [-0.05, 0) is 41.8 Å². The molecule has 0 amide bonds. The lowest BCUT2D eigenvalue weighted by molar-refractivity contribution is -0.188. The van der Waals surface area contributed by atoms with Gasteiger partial charge in [0.15, 0.2) is 0 Å². The summed E-state index contributed by atoms with van der Waals surface area (Å²) >= 11 is 0. The number of likely N-dealkylation sites (N-methyl/N-ethyl adjacent to an activating group) is 2. The van der Waals surface area contributed by atoms with Crippen LogP contribution in [-0.4, -0.2) is 54.7 Å². The van der Waals surface area contributed by atoms with Crippen molar-refractivity contribution in [3.05, 3.63) is 0 Å². The van der Waals surface area contributed by atoms with Crippen LogP contribution in [0.2, 0.25) is 0 Å². The van der Waals surface area contributed by atoms with Crippen LogP contribution in [0.15, 0.2) is 0 Å². The molecular weight excluding hydrogens is 217 g/mol. The second kappa shape index (κ2) is 5.87. The van der Waals surface area contributed by atoms with Crippen molar-refractivity contribution in [1.82, 2.24) is 9.80 Å². The van der Waals surface area contributed by atoms with Crippen molar-refractivity contribution >= 4 is 0 Å². The zero-order chi connectivity index (χ0) is 13.1. The summed E-state index contributed by atoms with van der Waals surface area (Å²) in [6.07, 6.45) is -4.18. The fourth-order valence-corrected chi connectivity index (χ4v) is 1.31. The number of hydrogen-bond donors (Lipinski definition) is 0. The minimum atomic E-state index is -4.18. The van der Waals surface area contributed by atoms with Crippen molar-refractivity contribution in [2.75, 3.05) is 20.6 Å². The Morgan fingerprint density at radius 2 is 1.38 bits per heavy atom. The van der Waals surface area contributed by atoms with E-state index in [9.17, 15) is 13.2 Å². The number of nitrogens with zero attached hydrogens (tertiary/aromatic N) is 2. The van der Waals surface area contributed by atoms with E-state index in [1.807, 2.05) is 13.8 Å². The molecule has 5 heteroatoms. The van der Waals surface area contributed by atoms with Crippen LogP contribution < -0.4 is 0 Å². The average molecular weight is 240 g/mol. The largest absolute Gasteiger partial charge is 0.405 e. The Hall–Kier alpha value is -0.290. The van der Waals surface area contributed by atoms with Gasteiger partial charge < -0.3 is 4.90 Å². The van der Waals surface area contributed by atoms with Crippen molar-refractivity contribution in [3.8, 4) is 0 Å². The minimum Gasteiger partial charge on any atom is -0.302 e. The van der Waals surface area contributed by atoms with Gasteiger partial charge in [-0.2, -0.15) is 13.2 Å². The first kappa shape index (κ1) is 15.7. The molecule has 0 N–H and O–H groups in total. The Balaban J connectivity index is 4.70. The van der Waals surface area contributed by atoms with Crippen LogP contribution in [0.4, 0.5) is 13.2 Å². The summed E-state index contributed by atoms with van der Waals surface area (Å²) in [5, 5.41) is 0. The molecular formula is C11H23F3N2. The van der Waals surface area contributed by atoms with Gasteiger partial charge in [0.1, 0.15) is 6.04 Å². The van der Waals surface area contributed by atoms with Crippen molar-refractivity contribution < 1.29 is 13.2 Å². The Bertz CT molecular complexity index is 202. The first-order valence-corrected chi connectivity index (χ1v) is 5.56. The molecule has 0 aliphatic heterocycles. The average Bonchev–Trinajstić information content (AvgIpc) is 2.10. The van der Waals surface area contributed by atoms with E-state index < -0.39 is 12.2 Å². The molecule has 0 unspecified atom stereocenters. The molecule has 0 aromatic rings. The molecule has 0 saturated heterocycles. The van der Waals surface area contributed by atoms with Crippen LogP contribution >= 0.6 is 0 Å². The molecule has 0 aliphatic carbocycles. The highest BCUT2D eigenvalue weighted by molar-refractivity contribution is 4.82. The van der Waals surface area contributed by atoms with Crippen LogP contribution in [0.5, 0.6) is 0 Å². The lowest BCUT2D eigenvalue weighted by atomic mass is 10.1. The van der Waals surface area contributed by atoms with Crippen LogP contribution in [0.25, 0.3) is 0 Å². The van der Waals surface area contributed by atoms with Gasteiger partial charge in [0, 0.05) is 18.6 Å². The van der Waals surface area contributed by atoms with Gasteiger partial charge in [-0.25, -0.2) is 0 Å². The van der Waals surface area contributed by atoms with Crippen LogP contribution in [0.1, 0.15) is 27.7 Å². The van der Waals surface area contributed by atoms with Crippen LogP contribution in [0, 0.1) is 0 Å². The van der Waals surface area contributed by atoms with E-state index in [0.29, 0.717) is 0 Å². The third-order valence-electron chi connectivity index (χ3n) is 3.03. The predicted molar refractivity (Wildman–Crippen MR) is 60.5 cm³/mol. The molecule has 0 bridgehead atoms. The summed E-state index contributed by atoms with van der Waals surface area (Å²) < 4.78 is 38.7. The number of rotatable bonds is 5. The van der Waals surface area contributed by atoms with Gasteiger partial charge in [-0.3, -0.25) is 4.90 Å². The lowest BCUT2D eigenvalue weighted by Gasteiger charge is -2.36.